The maximum atomic E-state index is 12.0. The molecule has 2 aliphatic rings. The minimum absolute atomic E-state index is 0.155. The molecular formula is C14H23NO4. The topological polar surface area (TPSA) is 86.6 Å². The van der Waals surface area contributed by atoms with Gasteiger partial charge in [-0.2, -0.15) is 0 Å². The number of carbonyl (C=O) groups excluding carboxylic acids is 1. The van der Waals surface area contributed by atoms with E-state index in [2.05, 4.69) is 5.32 Å². The lowest BCUT2D eigenvalue weighted by atomic mass is 9.87. The lowest BCUT2D eigenvalue weighted by molar-refractivity contribution is -0.140. The Balaban J connectivity index is 1.81. The number of carboxylic acids is 1. The fraction of sp³-hybridized carbons (Fsp3) is 0.857. The van der Waals surface area contributed by atoms with Gasteiger partial charge in [-0.15, -0.1) is 0 Å². The number of aliphatic carboxylic acids is 1. The molecule has 0 heterocycles. The minimum atomic E-state index is -0.891. The average molecular weight is 269 g/mol. The van der Waals surface area contributed by atoms with Crippen molar-refractivity contribution >= 4 is 11.9 Å². The highest BCUT2D eigenvalue weighted by atomic mass is 16.4. The number of nitrogens with one attached hydrogen (secondary N) is 1. The molecule has 0 aromatic carbocycles. The van der Waals surface area contributed by atoms with Gasteiger partial charge in [-0.05, 0) is 30.6 Å². The summed E-state index contributed by atoms with van der Waals surface area (Å²) < 4.78 is 0. The summed E-state index contributed by atoms with van der Waals surface area (Å²) in [6.45, 7) is 4.19. The van der Waals surface area contributed by atoms with Crippen LogP contribution in [-0.2, 0) is 9.59 Å². The van der Waals surface area contributed by atoms with Crippen molar-refractivity contribution in [3.8, 4) is 0 Å². The Bertz CT molecular complexity index is 380. The van der Waals surface area contributed by atoms with Crippen molar-refractivity contribution in [2.45, 2.75) is 45.6 Å². The van der Waals surface area contributed by atoms with Crippen LogP contribution >= 0.6 is 0 Å². The second-order valence-electron chi connectivity index (χ2n) is 6.55. The Morgan fingerprint density at radius 2 is 1.95 bits per heavy atom. The summed E-state index contributed by atoms with van der Waals surface area (Å²) in [7, 11) is 0. The van der Waals surface area contributed by atoms with Gasteiger partial charge < -0.3 is 15.5 Å². The molecule has 0 saturated heterocycles. The van der Waals surface area contributed by atoms with E-state index in [9.17, 15) is 14.7 Å². The van der Waals surface area contributed by atoms with E-state index in [1.807, 2.05) is 13.8 Å². The Hall–Kier alpha value is -1.10. The van der Waals surface area contributed by atoms with E-state index in [1.165, 1.54) is 0 Å². The molecule has 4 atom stereocenters. The Morgan fingerprint density at radius 1 is 1.26 bits per heavy atom. The smallest absolute Gasteiger partial charge is 0.307 e. The molecule has 2 rings (SSSR count). The summed E-state index contributed by atoms with van der Waals surface area (Å²) in [6.07, 6.45) is 3.35. The van der Waals surface area contributed by atoms with Gasteiger partial charge in [0.1, 0.15) is 0 Å². The second-order valence-corrected chi connectivity index (χ2v) is 6.55. The van der Waals surface area contributed by atoms with Crippen LogP contribution in [0.2, 0.25) is 0 Å². The first kappa shape index (κ1) is 14.3. The van der Waals surface area contributed by atoms with Gasteiger partial charge in [0.05, 0.1) is 17.9 Å². The molecule has 108 valence electrons. The Labute approximate surface area is 113 Å². The number of hydrogen-bond donors (Lipinski definition) is 3. The van der Waals surface area contributed by atoms with Crippen molar-refractivity contribution in [1.29, 1.82) is 0 Å². The molecule has 2 saturated carbocycles. The van der Waals surface area contributed by atoms with Crippen LogP contribution in [-0.4, -0.2) is 34.7 Å². The molecule has 0 spiro atoms. The predicted octanol–water partition coefficient (Wildman–Crippen LogP) is 1.01. The molecule has 1 amide bonds. The molecule has 5 nitrogen and oxygen atoms in total. The normalized spacial score (nSPS) is 36.6. The predicted molar refractivity (Wildman–Crippen MR) is 69.4 cm³/mol. The molecular weight excluding hydrogens is 246 g/mol. The first-order chi connectivity index (χ1) is 8.84. The van der Waals surface area contributed by atoms with Gasteiger partial charge in [0.25, 0.3) is 0 Å². The fourth-order valence-electron chi connectivity index (χ4n) is 3.39. The summed E-state index contributed by atoms with van der Waals surface area (Å²) in [5.74, 6) is -1.71. The van der Waals surface area contributed by atoms with Crippen LogP contribution in [0.4, 0.5) is 0 Å². The van der Waals surface area contributed by atoms with E-state index in [1.54, 1.807) is 0 Å². The van der Waals surface area contributed by atoms with Crippen LogP contribution in [0, 0.1) is 23.2 Å². The number of aliphatic hydroxyl groups excluding tert-OH is 1. The lowest BCUT2D eigenvalue weighted by Gasteiger charge is -2.26. The Kier molecular flexibility index (Phi) is 3.85. The fourth-order valence-corrected chi connectivity index (χ4v) is 3.39. The van der Waals surface area contributed by atoms with E-state index in [0.717, 1.165) is 25.7 Å². The largest absolute Gasteiger partial charge is 0.481 e. The van der Waals surface area contributed by atoms with E-state index in [4.69, 9.17) is 5.11 Å². The zero-order valence-corrected chi connectivity index (χ0v) is 11.6. The van der Waals surface area contributed by atoms with Crippen LogP contribution in [0.3, 0.4) is 0 Å². The van der Waals surface area contributed by atoms with Crippen molar-refractivity contribution in [2.75, 3.05) is 6.54 Å². The molecule has 2 fully saturated rings. The number of carboxylic acid groups (broad SMARTS) is 1. The van der Waals surface area contributed by atoms with Crippen molar-refractivity contribution in [1.82, 2.24) is 5.32 Å². The highest BCUT2D eigenvalue weighted by Crippen LogP contribution is 2.58. The standard InChI is InChI=1S/C14H23NO4/c1-14(2)10(11(14)13(18)19)12(17)15-7-8-4-3-5-9(16)6-8/h8-11,16H,3-7H2,1-2H3,(H,15,17)(H,18,19). The molecule has 4 unspecified atom stereocenters. The quantitative estimate of drug-likeness (QED) is 0.711. The molecule has 0 radical (unpaired) electrons. The van der Waals surface area contributed by atoms with E-state index in [-0.39, 0.29) is 12.0 Å². The first-order valence-electron chi connectivity index (χ1n) is 7.02. The Morgan fingerprint density at radius 3 is 2.47 bits per heavy atom. The van der Waals surface area contributed by atoms with Gasteiger partial charge >= 0.3 is 5.97 Å². The summed E-state index contributed by atoms with van der Waals surface area (Å²) in [5.41, 5.74) is -0.442. The van der Waals surface area contributed by atoms with Gasteiger partial charge in [-0.3, -0.25) is 9.59 Å². The van der Waals surface area contributed by atoms with Gasteiger partial charge in [0.15, 0.2) is 0 Å². The van der Waals surface area contributed by atoms with Gasteiger partial charge in [-0.25, -0.2) is 0 Å². The number of rotatable bonds is 4. The van der Waals surface area contributed by atoms with Crippen LogP contribution in [0.1, 0.15) is 39.5 Å². The third-order valence-electron chi connectivity index (χ3n) is 4.70. The molecule has 2 aliphatic carbocycles. The number of carbonyl (C=O) groups is 2. The van der Waals surface area contributed by atoms with E-state index < -0.39 is 23.2 Å². The maximum Gasteiger partial charge on any atom is 0.307 e. The van der Waals surface area contributed by atoms with Crippen molar-refractivity contribution in [3.05, 3.63) is 0 Å². The average Bonchev–Trinajstić information content (AvgIpc) is 2.90. The van der Waals surface area contributed by atoms with Crippen molar-refractivity contribution < 1.29 is 19.8 Å². The van der Waals surface area contributed by atoms with Gasteiger partial charge in [0, 0.05) is 6.54 Å². The van der Waals surface area contributed by atoms with Crippen molar-refractivity contribution in [2.24, 2.45) is 23.2 Å². The number of hydrogen-bond acceptors (Lipinski definition) is 3. The highest BCUT2D eigenvalue weighted by molar-refractivity contribution is 5.91. The van der Waals surface area contributed by atoms with E-state index in [0.29, 0.717) is 12.5 Å². The van der Waals surface area contributed by atoms with Crippen LogP contribution in [0.15, 0.2) is 0 Å². The summed E-state index contributed by atoms with van der Waals surface area (Å²) >= 11 is 0. The molecule has 0 aromatic heterocycles. The summed E-state index contributed by atoms with van der Waals surface area (Å²) in [6, 6.07) is 0. The zero-order valence-electron chi connectivity index (χ0n) is 11.6. The minimum Gasteiger partial charge on any atom is -0.481 e. The van der Waals surface area contributed by atoms with Crippen LogP contribution in [0.25, 0.3) is 0 Å². The van der Waals surface area contributed by atoms with Gasteiger partial charge in [0.2, 0.25) is 5.91 Å². The molecule has 0 aliphatic heterocycles. The van der Waals surface area contributed by atoms with Gasteiger partial charge in [-0.1, -0.05) is 20.3 Å². The summed E-state index contributed by atoms with van der Waals surface area (Å²) in [5, 5.41) is 21.5. The van der Waals surface area contributed by atoms with Crippen LogP contribution in [0.5, 0.6) is 0 Å². The third kappa shape index (κ3) is 2.91. The van der Waals surface area contributed by atoms with E-state index >= 15 is 0 Å². The zero-order chi connectivity index (χ0) is 14.2. The SMILES string of the molecule is CC1(C)C(C(=O)O)C1C(=O)NCC1CCCC(O)C1. The molecule has 19 heavy (non-hydrogen) atoms. The molecule has 5 heteroatoms. The second kappa shape index (κ2) is 5.12. The molecule has 0 aromatic rings. The highest BCUT2D eigenvalue weighted by Gasteiger charge is 2.65. The molecule has 3 N–H and O–H groups in total. The van der Waals surface area contributed by atoms with Crippen molar-refractivity contribution in [3.63, 3.8) is 0 Å². The molecule has 0 bridgehead atoms. The number of amides is 1. The van der Waals surface area contributed by atoms with Crippen LogP contribution < -0.4 is 5.32 Å². The third-order valence-corrected chi connectivity index (χ3v) is 4.70. The summed E-state index contributed by atoms with van der Waals surface area (Å²) in [4.78, 5) is 23.1. The first-order valence-corrected chi connectivity index (χ1v) is 7.02. The number of aliphatic hydroxyl groups is 1. The monoisotopic (exact) mass is 269 g/mol. The lowest BCUT2D eigenvalue weighted by Crippen LogP contribution is -2.34. The maximum absolute atomic E-state index is 12.0.